The quantitative estimate of drug-likeness (QED) is 0.174. The first kappa shape index (κ1) is 21.5. The van der Waals surface area contributed by atoms with Gasteiger partial charge in [-0.25, -0.2) is 19.6 Å². The van der Waals surface area contributed by atoms with Gasteiger partial charge in [-0.05, 0) is 6.92 Å². The summed E-state index contributed by atoms with van der Waals surface area (Å²) in [6, 6.07) is -2.50. The third-order valence-electron chi connectivity index (χ3n) is 2.83. The molecule has 0 radical (unpaired) electrons. The first-order valence-electron chi connectivity index (χ1n) is 6.82. The fourth-order valence-corrected chi connectivity index (χ4v) is 1.91. The van der Waals surface area contributed by atoms with Gasteiger partial charge in [0.15, 0.2) is 6.04 Å². The second-order valence-electron chi connectivity index (χ2n) is 4.80. The number of carbonyl (C=O) groups excluding carboxylic acids is 1. The van der Waals surface area contributed by atoms with Crippen molar-refractivity contribution in [1.29, 1.82) is 0 Å². The summed E-state index contributed by atoms with van der Waals surface area (Å²) in [4.78, 5) is 51.3. The van der Waals surface area contributed by atoms with E-state index in [9.17, 15) is 19.3 Å². The number of aliphatic carboxylic acids is 1. The fraction of sp³-hybridized carbons (Fsp3) is 0.333. The summed E-state index contributed by atoms with van der Waals surface area (Å²) in [6.07, 6.45) is 2.15. The third-order valence-corrected chi connectivity index (χ3v) is 3.29. The molecule has 14 heteroatoms. The van der Waals surface area contributed by atoms with Crippen LogP contribution in [0.5, 0.6) is 5.75 Å². The number of amides is 2. The third kappa shape index (κ3) is 7.13. The number of nitrogens with two attached hydrogens (primary N) is 1. The number of aliphatic imine (C=N–C) groups is 1. The topological polar surface area (TPSA) is 214 Å². The molecule has 1 aromatic rings. The van der Waals surface area contributed by atoms with Gasteiger partial charge < -0.3 is 25.7 Å². The van der Waals surface area contributed by atoms with Crippen molar-refractivity contribution < 1.29 is 43.5 Å². The summed E-state index contributed by atoms with van der Waals surface area (Å²) in [6.45, 7) is 0.284. The molecule has 26 heavy (non-hydrogen) atoms. The van der Waals surface area contributed by atoms with Gasteiger partial charge in [0.1, 0.15) is 12.4 Å². The molecular weight excluding hydrogens is 375 g/mol. The number of pyridine rings is 1. The van der Waals surface area contributed by atoms with Crippen LogP contribution in [0.2, 0.25) is 0 Å². The maximum Gasteiger partial charge on any atom is 0.469 e. The number of carboxylic acids is 1. The van der Waals surface area contributed by atoms with E-state index < -0.39 is 39.1 Å². The molecule has 1 heterocycles. The zero-order valence-corrected chi connectivity index (χ0v) is 14.3. The number of urea groups is 1. The molecule has 7 N–H and O–H groups in total. The van der Waals surface area contributed by atoms with Gasteiger partial charge in [0.05, 0.1) is 12.3 Å². The average molecular weight is 392 g/mol. The van der Waals surface area contributed by atoms with Crippen molar-refractivity contribution in [2.24, 2.45) is 10.7 Å². The minimum atomic E-state index is -4.78. The number of phosphoric ester groups is 1. The van der Waals surface area contributed by atoms with E-state index in [2.05, 4.69) is 19.3 Å². The van der Waals surface area contributed by atoms with E-state index in [4.69, 9.17) is 20.6 Å². The number of phosphoric acid groups is 1. The highest BCUT2D eigenvalue weighted by Crippen LogP contribution is 2.37. The predicted molar refractivity (Wildman–Crippen MR) is 85.2 cm³/mol. The summed E-state index contributed by atoms with van der Waals surface area (Å²) in [7, 11) is -4.78. The molecule has 0 bridgehead atoms. The second-order valence-corrected chi connectivity index (χ2v) is 6.04. The van der Waals surface area contributed by atoms with Crippen LogP contribution in [-0.4, -0.2) is 55.8 Å². The molecule has 144 valence electrons. The standard InChI is InChI=1S/C12H17N4O9P/c1-6-10(17)8(7(2-14-6)4-25-26(21,22)23)3-15-9(11(18)19)5-24-16-12(13)20/h2-3,9,17H,4-5H2,1H3,(H,18,19)(H3,13,16,20)(H2,21,22,23)/t9-/m0/s1. The Bertz CT molecular complexity index is 748. The Kier molecular flexibility index (Phi) is 7.61. The lowest BCUT2D eigenvalue weighted by Crippen LogP contribution is -2.34. The Hall–Kier alpha value is -2.57. The number of hydroxylamine groups is 1. The molecule has 0 aromatic carbocycles. The lowest BCUT2D eigenvalue weighted by Gasteiger charge is -2.12. The molecule has 0 spiro atoms. The Labute approximate surface area is 146 Å². The molecule has 1 rings (SSSR count). The molecule has 0 aliphatic heterocycles. The number of nitrogens with one attached hydrogen (secondary N) is 1. The Morgan fingerprint density at radius 2 is 2.15 bits per heavy atom. The van der Waals surface area contributed by atoms with Crippen molar-refractivity contribution in [2.45, 2.75) is 19.6 Å². The van der Waals surface area contributed by atoms with Crippen LogP contribution in [0.3, 0.4) is 0 Å². The van der Waals surface area contributed by atoms with E-state index in [1.807, 2.05) is 0 Å². The molecule has 1 atom stereocenters. The molecule has 2 amide bonds. The van der Waals surface area contributed by atoms with Crippen LogP contribution in [0, 0.1) is 6.92 Å². The number of rotatable bonds is 9. The van der Waals surface area contributed by atoms with Crippen molar-refractivity contribution >= 4 is 26.0 Å². The number of aromatic hydroxyl groups is 1. The number of aryl methyl sites for hydroxylation is 1. The van der Waals surface area contributed by atoms with Crippen LogP contribution in [0.4, 0.5) is 4.79 Å². The molecule has 13 nitrogen and oxygen atoms in total. The van der Waals surface area contributed by atoms with Gasteiger partial charge in [-0.3, -0.25) is 19.3 Å². The minimum absolute atomic E-state index is 0.0416. The van der Waals surface area contributed by atoms with Gasteiger partial charge >= 0.3 is 19.8 Å². The number of hydrogen-bond acceptors (Lipinski definition) is 8. The van der Waals surface area contributed by atoms with Crippen LogP contribution in [0.15, 0.2) is 11.2 Å². The smallest absolute Gasteiger partial charge is 0.469 e. The molecule has 0 aliphatic carbocycles. The van der Waals surface area contributed by atoms with Crippen LogP contribution >= 0.6 is 7.82 Å². The molecule has 0 saturated heterocycles. The average Bonchev–Trinajstić information content (AvgIpc) is 2.51. The van der Waals surface area contributed by atoms with Gasteiger partial charge in [-0.1, -0.05) is 0 Å². The zero-order chi connectivity index (χ0) is 19.9. The lowest BCUT2D eigenvalue weighted by atomic mass is 10.1. The normalized spacial score (nSPS) is 12.9. The Morgan fingerprint density at radius 3 is 2.69 bits per heavy atom. The second kappa shape index (κ2) is 9.22. The monoisotopic (exact) mass is 392 g/mol. The van der Waals surface area contributed by atoms with Crippen molar-refractivity contribution in [3.8, 4) is 5.75 Å². The first-order chi connectivity index (χ1) is 12.0. The summed E-state index contributed by atoms with van der Waals surface area (Å²) in [5.41, 5.74) is 6.69. The molecule has 0 fully saturated rings. The molecule has 1 aromatic heterocycles. The van der Waals surface area contributed by atoms with E-state index in [1.165, 1.54) is 13.1 Å². The highest BCUT2D eigenvalue weighted by molar-refractivity contribution is 7.46. The van der Waals surface area contributed by atoms with Gasteiger partial charge in [-0.2, -0.15) is 0 Å². The summed E-state index contributed by atoms with van der Waals surface area (Å²) < 4.78 is 15.2. The number of carbonyl (C=O) groups is 2. The fourth-order valence-electron chi connectivity index (χ4n) is 1.60. The lowest BCUT2D eigenvalue weighted by molar-refractivity contribution is -0.140. The van der Waals surface area contributed by atoms with Crippen molar-refractivity contribution in [3.05, 3.63) is 23.0 Å². The Balaban J connectivity index is 3.04. The number of hydrogen-bond donors (Lipinski definition) is 6. The van der Waals surface area contributed by atoms with Crippen LogP contribution in [-0.2, 0) is 25.3 Å². The zero-order valence-electron chi connectivity index (χ0n) is 13.4. The number of aromatic nitrogens is 1. The first-order valence-corrected chi connectivity index (χ1v) is 8.35. The van der Waals surface area contributed by atoms with Gasteiger partial charge in [0.2, 0.25) is 0 Å². The summed E-state index contributed by atoms with van der Waals surface area (Å²) >= 11 is 0. The van der Waals surface area contributed by atoms with E-state index in [0.29, 0.717) is 0 Å². The largest absolute Gasteiger partial charge is 0.505 e. The van der Waals surface area contributed by atoms with E-state index >= 15 is 0 Å². The Morgan fingerprint density at radius 1 is 1.50 bits per heavy atom. The van der Waals surface area contributed by atoms with Crippen LogP contribution < -0.4 is 11.2 Å². The molecule has 0 aliphatic rings. The number of nitrogens with zero attached hydrogens (tertiary/aromatic N) is 2. The minimum Gasteiger partial charge on any atom is -0.505 e. The number of carboxylic acid groups (broad SMARTS) is 1. The van der Waals surface area contributed by atoms with Crippen LogP contribution in [0.1, 0.15) is 16.8 Å². The van der Waals surface area contributed by atoms with Crippen LogP contribution in [0.25, 0.3) is 0 Å². The van der Waals surface area contributed by atoms with Crippen molar-refractivity contribution in [1.82, 2.24) is 10.5 Å². The summed E-state index contributed by atoms with van der Waals surface area (Å²) in [5, 5.41) is 19.1. The highest BCUT2D eigenvalue weighted by atomic mass is 31.2. The van der Waals surface area contributed by atoms with E-state index in [1.54, 1.807) is 5.48 Å². The maximum absolute atomic E-state index is 11.2. The molecule has 0 unspecified atom stereocenters. The predicted octanol–water partition coefficient (Wildman–Crippen LogP) is -0.823. The van der Waals surface area contributed by atoms with Crippen molar-refractivity contribution in [2.75, 3.05) is 6.61 Å². The van der Waals surface area contributed by atoms with Gasteiger partial charge in [-0.15, -0.1) is 0 Å². The van der Waals surface area contributed by atoms with Crippen molar-refractivity contribution in [3.63, 3.8) is 0 Å². The highest BCUT2D eigenvalue weighted by Gasteiger charge is 2.19. The molecular formula is C12H17N4O9P. The van der Waals surface area contributed by atoms with E-state index in [0.717, 1.165) is 6.21 Å². The number of primary amides is 1. The maximum atomic E-state index is 11.2. The summed E-state index contributed by atoms with van der Waals surface area (Å²) in [5.74, 6) is -1.77. The SMILES string of the molecule is Cc1ncc(COP(=O)(O)O)c(C=N[C@@H](CONC(N)=O)C(=O)O)c1O. The van der Waals surface area contributed by atoms with Gasteiger partial charge in [0.25, 0.3) is 0 Å². The molecule has 0 saturated carbocycles. The van der Waals surface area contributed by atoms with E-state index in [-0.39, 0.29) is 22.6 Å². The van der Waals surface area contributed by atoms with Gasteiger partial charge in [0, 0.05) is 23.5 Å².